The molecule has 2 heterocycles. The van der Waals surface area contributed by atoms with E-state index in [1.54, 1.807) is 24.3 Å². The molecule has 0 radical (unpaired) electrons. The first-order chi connectivity index (χ1) is 16.6. The van der Waals surface area contributed by atoms with Crippen LogP contribution in [0.2, 0.25) is 0 Å². The van der Waals surface area contributed by atoms with Crippen LogP contribution >= 0.6 is 0 Å². The van der Waals surface area contributed by atoms with Gasteiger partial charge in [-0.3, -0.25) is 14.4 Å². The molecule has 2 aromatic heterocycles. The van der Waals surface area contributed by atoms with Crippen LogP contribution in [0.5, 0.6) is 5.88 Å². The number of hydrogen-bond acceptors (Lipinski definition) is 4. The molecule has 0 aliphatic heterocycles. The summed E-state index contributed by atoms with van der Waals surface area (Å²) < 4.78 is 47.8. The Morgan fingerprint density at radius 2 is 1.83 bits per heavy atom. The van der Waals surface area contributed by atoms with E-state index in [4.69, 9.17) is 4.42 Å². The number of alkyl halides is 3. The maximum atomic E-state index is 13.6. The van der Waals surface area contributed by atoms with Gasteiger partial charge in [0.25, 0.3) is 0 Å². The lowest BCUT2D eigenvalue weighted by Crippen LogP contribution is -2.10. The van der Waals surface area contributed by atoms with Crippen molar-refractivity contribution < 1.29 is 27.5 Å². The molecule has 1 aliphatic rings. The number of hydrogen-bond donors (Lipinski definition) is 1. The molecule has 0 bridgehead atoms. The monoisotopic (exact) mass is 480 g/mol. The number of furan rings is 1. The van der Waals surface area contributed by atoms with Crippen molar-refractivity contribution >= 4 is 22.4 Å². The smallest absolute Gasteiger partial charge is 0.416 e. The molecular weight excluding hydrogens is 457 g/mol. The van der Waals surface area contributed by atoms with Crippen LogP contribution < -0.4 is 0 Å². The third-order valence-electron chi connectivity index (χ3n) is 6.15. The van der Waals surface area contributed by atoms with Crippen molar-refractivity contribution in [3.05, 3.63) is 82.8 Å². The highest BCUT2D eigenvalue weighted by molar-refractivity contribution is 6.20. The second-order valence-corrected chi connectivity index (χ2v) is 8.99. The third kappa shape index (κ3) is 4.36. The largest absolute Gasteiger partial charge is 0.494 e. The zero-order valence-electron chi connectivity index (χ0n) is 19.2. The number of aromatic hydroxyl groups is 1. The summed E-state index contributed by atoms with van der Waals surface area (Å²) in [6, 6.07) is 12.1. The van der Waals surface area contributed by atoms with Crippen LogP contribution in [-0.2, 0) is 11.0 Å². The molecule has 0 saturated heterocycles. The SMILES string of the molecule is Cc1cc(C)cc(-n2c(O)c(C(=NCC(=O)C3CC3)c3ccco3)c3ccc(C(F)(F)F)cc32)c1. The van der Waals surface area contributed by atoms with Crippen LogP contribution in [-0.4, -0.2) is 27.7 Å². The van der Waals surface area contributed by atoms with Crippen molar-refractivity contribution in [1.82, 2.24) is 4.57 Å². The molecule has 1 N–H and O–H groups in total. The lowest BCUT2D eigenvalue weighted by Gasteiger charge is -2.11. The van der Waals surface area contributed by atoms with Crippen molar-refractivity contribution in [2.75, 3.05) is 6.54 Å². The van der Waals surface area contributed by atoms with Crippen LogP contribution in [0.3, 0.4) is 0 Å². The molecule has 1 aliphatic carbocycles. The molecule has 5 nitrogen and oxygen atoms in total. The number of halogens is 3. The predicted octanol–water partition coefficient (Wildman–Crippen LogP) is 6.38. The number of benzene rings is 2. The Hall–Kier alpha value is -3.81. The summed E-state index contributed by atoms with van der Waals surface area (Å²) in [6.45, 7) is 3.65. The molecule has 0 amide bonds. The van der Waals surface area contributed by atoms with Crippen LogP contribution in [0.1, 0.15) is 40.9 Å². The van der Waals surface area contributed by atoms with Crippen molar-refractivity contribution in [1.29, 1.82) is 0 Å². The summed E-state index contributed by atoms with van der Waals surface area (Å²) in [5.74, 6) is 0.0173. The number of Topliss-reactive ketones (excluding diaryl/α,β-unsaturated/α-hetero) is 1. The van der Waals surface area contributed by atoms with Gasteiger partial charge in [0, 0.05) is 17.0 Å². The summed E-state index contributed by atoms with van der Waals surface area (Å²) in [5, 5.41) is 11.8. The van der Waals surface area contributed by atoms with Crippen LogP contribution in [0.25, 0.3) is 16.6 Å². The van der Waals surface area contributed by atoms with Gasteiger partial charge in [-0.1, -0.05) is 12.1 Å². The number of aromatic nitrogens is 1. The molecule has 5 rings (SSSR count). The second kappa shape index (κ2) is 8.45. The van der Waals surface area contributed by atoms with Crippen molar-refractivity contribution in [3.8, 4) is 11.6 Å². The number of fused-ring (bicyclic) bond motifs is 1. The first-order valence-electron chi connectivity index (χ1n) is 11.3. The van der Waals surface area contributed by atoms with E-state index >= 15 is 0 Å². The van der Waals surface area contributed by atoms with Crippen LogP contribution in [0, 0.1) is 19.8 Å². The number of carbonyl (C=O) groups is 1. The van der Waals surface area contributed by atoms with E-state index in [9.17, 15) is 23.1 Å². The van der Waals surface area contributed by atoms with Gasteiger partial charge >= 0.3 is 6.18 Å². The molecule has 0 spiro atoms. The molecule has 0 unspecified atom stereocenters. The number of carbonyl (C=O) groups excluding carboxylic acids is 1. The van der Waals surface area contributed by atoms with E-state index in [2.05, 4.69) is 4.99 Å². The minimum Gasteiger partial charge on any atom is -0.494 e. The van der Waals surface area contributed by atoms with E-state index in [0.29, 0.717) is 16.8 Å². The summed E-state index contributed by atoms with van der Waals surface area (Å²) in [7, 11) is 0. The lowest BCUT2D eigenvalue weighted by molar-refractivity contribution is -0.137. The molecule has 8 heteroatoms. The highest BCUT2D eigenvalue weighted by Gasteiger charge is 2.33. The molecule has 35 heavy (non-hydrogen) atoms. The maximum Gasteiger partial charge on any atom is 0.416 e. The fourth-order valence-corrected chi connectivity index (χ4v) is 4.41. The van der Waals surface area contributed by atoms with Gasteiger partial charge in [0.2, 0.25) is 5.88 Å². The van der Waals surface area contributed by atoms with Gasteiger partial charge in [-0.15, -0.1) is 0 Å². The Morgan fingerprint density at radius 1 is 1.11 bits per heavy atom. The summed E-state index contributed by atoms with van der Waals surface area (Å²) in [6.07, 6.45) is -1.45. The van der Waals surface area contributed by atoms with E-state index in [-0.39, 0.29) is 40.9 Å². The van der Waals surface area contributed by atoms with E-state index < -0.39 is 11.7 Å². The van der Waals surface area contributed by atoms with Gasteiger partial charge in [-0.25, -0.2) is 0 Å². The summed E-state index contributed by atoms with van der Waals surface area (Å²) in [5.41, 5.74) is 2.07. The molecular formula is C27H23F3N2O3. The highest BCUT2D eigenvalue weighted by atomic mass is 19.4. The first kappa shape index (κ1) is 23.0. The van der Waals surface area contributed by atoms with Crippen molar-refractivity contribution in [2.45, 2.75) is 32.9 Å². The van der Waals surface area contributed by atoms with Gasteiger partial charge in [0.15, 0.2) is 11.5 Å². The summed E-state index contributed by atoms with van der Waals surface area (Å²) >= 11 is 0. The highest BCUT2D eigenvalue weighted by Crippen LogP contribution is 2.40. The fourth-order valence-electron chi connectivity index (χ4n) is 4.41. The van der Waals surface area contributed by atoms with Gasteiger partial charge < -0.3 is 9.52 Å². The average Bonchev–Trinajstić information content (AvgIpc) is 3.42. The van der Waals surface area contributed by atoms with Gasteiger partial charge in [0.1, 0.15) is 5.71 Å². The average molecular weight is 480 g/mol. The normalized spacial score (nSPS) is 14.6. The van der Waals surface area contributed by atoms with E-state index in [1.165, 1.54) is 16.9 Å². The minimum atomic E-state index is -4.56. The van der Waals surface area contributed by atoms with Gasteiger partial charge in [-0.05, 0) is 74.2 Å². The Balaban J connectivity index is 1.79. The maximum absolute atomic E-state index is 13.6. The van der Waals surface area contributed by atoms with Gasteiger partial charge in [-0.2, -0.15) is 13.2 Å². The molecule has 1 fully saturated rings. The number of ketones is 1. The van der Waals surface area contributed by atoms with E-state index in [1.807, 2.05) is 19.9 Å². The predicted molar refractivity (Wildman–Crippen MR) is 126 cm³/mol. The third-order valence-corrected chi connectivity index (χ3v) is 6.15. The zero-order valence-corrected chi connectivity index (χ0v) is 19.2. The Bertz CT molecular complexity index is 1440. The standard InChI is InChI=1S/C27H23F3N2O3/c1-15-10-16(2)12-19(11-15)32-21-13-18(27(28,29)30)7-8-20(21)24(26(32)34)25(23-4-3-9-35-23)31-14-22(33)17-5-6-17/h3-4,7-13,17,34H,5-6,14H2,1-2H3. The van der Waals surface area contributed by atoms with Crippen LogP contribution in [0.15, 0.2) is 64.2 Å². The molecule has 4 aromatic rings. The number of nitrogens with zero attached hydrogens (tertiary/aromatic N) is 2. The fraction of sp³-hybridized carbons (Fsp3) is 0.259. The molecule has 1 saturated carbocycles. The summed E-state index contributed by atoms with van der Waals surface area (Å²) in [4.78, 5) is 16.9. The molecule has 180 valence electrons. The molecule has 2 aromatic carbocycles. The van der Waals surface area contributed by atoms with Crippen molar-refractivity contribution in [3.63, 3.8) is 0 Å². The molecule has 0 atom stereocenters. The minimum absolute atomic E-state index is 0.00356. The van der Waals surface area contributed by atoms with E-state index in [0.717, 1.165) is 36.1 Å². The number of aliphatic imine (C=N–C) groups is 1. The van der Waals surface area contributed by atoms with Crippen LogP contribution in [0.4, 0.5) is 13.2 Å². The van der Waals surface area contributed by atoms with Gasteiger partial charge in [0.05, 0.1) is 29.5 Å². The zero-order chi connectivity index (χ0) is 24.9. The number of aryl methyl sites for hydroxylation is 2. The lowest BCUT2D eigenvalue weighted by atomic mass is 10.0. The first-order valence-corrected chi connectivity index (χ1v) is 11.3. The van der Waals surface area contributed by atoms with Crippen molar-refractivity contribution in [2.24, 2.45) is 10.9 Å². The number of rotatable bonds is 6. The topological polar surface area (TPSA) is 67.7 Å². The Morgan fingerprint density at radius 3 is 2.43 bits per heavy atom. The quantitative estimate of drug-likeness (QED) is 0.326. The second-order valence-electron chi connectivity index (χ2n) is 8.99. The Kier molecular flexibility index (Phi) is 5.54. The Labute approximate surface area is 199 Å².